The first-order valence-electron chi connectivity index (χ1n) is 4.98. The van der Waals surface area contributed by atoms with E-state index in [0.717, 1.165) is 22.9 Å². The van der Waals surface area contributed by atoms with E-state index in [4.69, 9.17) is 5.11 Å². The zero-order valence-corrected chi connectivity index (χ0v) is 9.72. The molecule has 0 atom stereocenters. The third kappa shape index (κ3) is 3.29. The summed E-state index contributed by atoms with van der Waals surface area (Å²) in [6, 6.07) is 9.79. The van der Waals surface area contributed by atoms with Gasteiger partial charge in [0.15, 0.2) is 5.16 Å². The van der Waals surface area contributed by atoms with Crippen LogP contribution in [-0.2, 0) is 4.79 Å². The highest BCUT2D eigenvalue weighted by Crippen LogP contribution is 2.19. The maximum Gasteiger partial charge on any atom is 0.313 e. The molecule has 17 heavy (non-hydrogen) atoms. The zero-order valence-electron chi connectivity index (χ0n) is 8.91. The number of hydrogen-bond acceptors (Lipinski definition) is 4. The quantitative estimate of drug-likeness (QED) is 0.662. The molecule has 86 valence electrons. The second-order valence-electron chi connectivity index (χ2n) is 3.30. The second kappa shape index (κ2) is 5.45. The number of benzene rings is 1. The molecular formula is C12H10N2O2S. The minimum atomic E-state index is -0.870. The molecule has 0 fully saturated rings. The van der Waals surface area contributed by atoms with Gasteiger partial charge in [0.05, 0.1) is 5.75 Å². The molecule has 1 aromatic carbocycles. The molecule has 1 heterocycles. The highest BCUT2D eigenvalue weighted by Gasteiger charge is 2.03. The molecule has 0 aliphatic rings. The predicted molar refractivity (Wildman–Crippen MR) is 65.8 cm³/mol. The third-order valence-corrected chi connectivity index (χ3v) is 2.92. The zero-order chi connectivity index (χ0) is 12.1. The van der Waals surface area contributed by atoms with E-state index in [1.807, 2.05) is 30.3 Å². The van der Waals surface area contributed by atoms with Crippen LogP contribution in [0, 0.1) is 0 Å². The molecular weight excluding hydrogens is 236 g/mol. The monoisotopic (exact) mass is 246 g/mol. The summed E-state index contributed by atoms with van der Waals surface area (Å²) in [4.78, 5) is 18.6. The molecule has 2 rings (SSSR count). The van der Waals surface area contributed by atoms with Crippen LogP contribution in [0.1, 0.15) is 0 Å². The van der Waals surface area contributed by atoms with Crippen LogP contribution < -0.4 is 0 Å². The Bertz CT molecular complexity index is 500. The van der Waals surface area contributed by atoms with Gasteiger partial charge >= 0.3 is 5.97 Å². The largest absolute Gasteiger partial charge is 0.481 e. The molecule has 0 unspecified atom stereocenters. The molecule has 4 nitrogen and oxygen atoms in total. The van der Waals surface area contributed by atoms with Gasteiger partial charge in [0.2, 0.25) is 0 Å². The van der Waals surface area contributed by atoms with Crippen molar-refractivity contribution in [3.8, 4) is 11.1 Å². The first-order valence-corrected chi connectivity index (χ1v) is 5.96. The fourth-order valence-electron chi connectivity index (χ4n) is 1.30. The van der Waals surface area contributed by atoms with E-state index in [1.165, 1.54) is 0 Å². The molecule has 0 saturated heterocycles. The van der Waals surface area contributed by atoms with Crippen LogP contribution in [0.2, 0.25) is 0 Å². The molecule has 0 amide bonds. The molecule has 0 bridgehead atoms. The average Bonchev–Trinajstić information content (AvgIpc) is 2.38. The Hall–Kier alpha value is -1.88. The van der Waals surface area contributed by atoms with E-state index >= 15 is 0 Å². The molecule has 5 heteroatoms. The SMILES string of the molecule is O=C(O)CSc1ncc(-c2ccccc2)cn1. The summed E-state index contributed by atoms with van der Waals surface area (Å²) < 4.78 is 0. The summed E-state index contributed by atoms with van der Waals surface area (Å²) in [5, 5.41) is 9.01. The summed E-state index contributed by atoms with van der Waals surface area (Å²) in [6.07, 6.45) is 3.40. The summed E-state index contributed by atoms with van der Waals surface area (Å²) in [5.74, 6) is -0.893. The summed E-state index contributed by atoms with van der Waals surface area (Å²) >= 11 is 1.11. The van der Waals surface area contributed by atoms with Gasteiger partial charge in [0.1, 0.15) is 0 Å². The number of aliphatic carboxylic acids is 1. The van der Waals surface area contributed by atoms with Crippen LogP contribution >= 0.6 is 11.8 Å². The van der Waals surface area contributed by atoms with Crippen molar-refractivity contribution in [2.45, 2.75) is 5.16 Å². The standard InChI is InChI=1S/C12H10N2O2S/c15-11(16)8-17-12-13-6-10(7-14-12)9-4-2-1-3-5-9/h1-7H,8H2,(H,15,16). The highest BCUT2D eigenvalue weighted by molar-refractivity contribution is 7.99. The highest BCUT2D eigenvalue weighted by atomic mass is 32.2. The predicted octanol–water partition coefficient (Wildman–Crippen LogP) is 2.32. The fraction of sp³-hybridized carbons (Fsp3) is 0.0833. The van der Waals surface area contributed by atoms with Crippen molar-refractivity contribution in [2.24, 2.45) is 0 Å². The van der Waals surface area contributed by atoms with Crippen LogP contribution in [0.3, 0.4) is 0 Å². The molecule has 1 aromatic heterocycles. The Morgan fingerprint density at radius 1 is 1.12 bits per heavy atom. The molecule has 0 radical (unpaired) electrons. The minimum Gasteiger partial charge on any atom is -0.481 e. The Labute approximate surface area is 103 Å². The Morgan fingerprint density at radius 2 is 1.76 bits per heavy atom. The fourth-order valence-corrected chi connectivity index (χ4v) is 1.80. The molecule has 1 N–H and O–H groups in total. The van der Waals surface area contributed by atoms with Crippen LogP contribution in [0.15, 0.2) is 47.9 Å². The molecule has 0 aliphatic heterocycles. The van der Waals surface area contributed by atoms with Crippen LogP contribution in [0.25, 0.3) is 11.1 Å². The molecule has 0 spiro atoms. The van der Waals surface area contributed by atoms with Gasteiger partial charge in [-0.15, -0.1) is 0 Å². The van der Waals surface area contributed by atoms with Crippen LogP contribution in [0.5, 0.6) is 0 Å². The first kappa shape index (κ1) is 11.6. The number of aromatic nitrogens is 2. The number of nitrogens with zero attached hydrogens (tertiary/aromatic N) is 2. The maximum atomic E-state index is 10.4. The Morgan fingerprint density at radius 3 is 2.35 bits per heavy atom. The smallest absolute Gasteiger partial charge is 0.313 e. The van der Waals surface area contributed by atoms with E-state index < -0.39 is 5.97 Å². The van der Waals surface area contributed by atoms with Crippen LogP contribution in [0.4, 0.5) is 0 Å². The van der Waals surface area contributed by atoms with E-state index in [2.05, 4.69) is 9.97 Å². The van der Waals surface area contributed by atoms with Gasteiger partial charge in [-0.3, -0.25) is 4.79 Å². The van der Waals surface area contributed by atoms with Gasteiger partial charge in [0, 0.05) is 18.0 Å². The number of carboxylic acids is 1. The lowest BCUT2D eigenvalue weighted by atomic mass is 10.1. The average molecular weight is 246 g/mol. The van der Waals surface area contributed by atoms with Gasteiger partial charge in [0.25, 0.3) is 0 Å². The van der Waals surface area contributed by atoms with Crippen molar-refractivity contribution in [3.05, 3.63) is 42.7 Å². The van der Waals surface area contributed by atoms with Crippen molar-refractivity contribution in [1.82, 2.24) is 9.97 Å². The van der Waals surface area contributed by atoms with Gasteiger partial charge in [-0.2, -0.15) is 0 Å². The summed E-state index contributed by atoms with van der Waals surface area (Å²) in [7, 11) is 0. The molecule has 0 saturated carbocycles. The normalized spacial score (nSPS) is 10.1. The van der Waals surface area contributed by atoms with Gasteiger partial charge < -0.3 is 5.11 Å². The lowest BCUT2D eigenvalue weighted by Crippen LogP contribution is -1.99. The first-order chi connectivity index (χ1) is 8.25. The van der Waals surface area contributed by atoms with Crippen molar-refractivity contribution in [3.63, 3.8) is 0 Å². The molecule has 2 aromatic rings. The maximum absolute atomic E-state index is 10.4. The van der Waals surface area contributed by atoms with Gasteiger partial charge in [-0.25, -0.2) is 9.97 Å². The number of thioether (sulfide) groups is 1. The van der Waals surface area contributed by atoms with Crippen molar-refractivity contribution < 1.29 is 9.90 Å². The van der Waals surface area contributed by atoms with E-state index in [9.17, 15) is 4.79 Å². The van der Waals surface area contributed by atoms with Crippen LogP contribution in [-0.4, -0.2) is 26.8 Å². The van der Waals surface area contributed by atoms with E-state index in [-0.39, 0.29) is 5.75 Å². The lowest BCUT2D eigenvalue weighted by molar-refractivity contribution is -0.133. The third-order valence-electron chi connectivity index (χ3n) is 2.06. The number of hydrogen-bond donors (Lipinski definition) is 1. The minimum absolute atomic E-state index is 0.0231. The number of rotatable bonds is 4. The van der Waals surface area contributed by atoms with Crippen molar-refractivity contribution in [1.29, 1.82) is 0 Å². The van der Waals surface area contributed by atoms with E-state index in [1.54, 1.807) is 12.4 Å². The number of carbonyl (C=O) groups is 1. The summed E-state index contributed by atoms with van der Waals surface area (Å²) in [6.45, 7) is 0. The Kier molecular flexibility index (Phi) is 3.72. The van der Waals surface area contributed by atoms with Gasteiger partial charge in [-0.05, 0) is 5.56 Å². The Balaban J connectivity index is 2.11. The van der Waals surface area contributed by atoms with Crippen molar-refractivity contribution in [2.75, 3.05) is 5.75 Å². The van der Waals surface area contributed by atoms with Gasteiger partial charge in [-0.1, -0.05) is 42.1 Å². The number of carboxylic acid groups (broad SMARTS) is 1. The lowest BCUT2D eigenvalue weighted by Gasteiger charge is -2.01. The van der Waals surface area contributed by atoms with Crippen molar-refractivity contribution >= 4 is 17.7 Å². The second-order valence-corrected chi connectivity index (χ2v) is 4.25. The summed E-state index contributed by atoms with van der Waals surface area (Å²) in [5.41, 5.74) is 1.97. The topological polar surface area (TPSA) is 63.1 Å². The van der Waals surface area contributed by atoms with E-state index in [0.29, 0.717) is 5.16 Å². The molecule has 0 aliphatic carbocycles.